The van der Waals surface area contributed by atoms with Crippen LogP contribution in [0.5, 0.6) is 0 Å². The molecule has 4 nitrogen and oxygen atoms in total. The molecule has 0 aromatic carbocycles. The first-order valence-electron chi connectivity index (χ1n) is 8.69. The van der Waals surface area contributed by atoms with Crippen molar-refractivity contribution in [3.05, 3.63) is 23.8 Å². The zero-order chi connectivity index (χ0) is 16.0. The van der Waals surface area contributed by atoms with Crippen LogP contribution in [0.4, 0.5) is 0 Å². The van der Waals surface area contributed by atoms with E-state index in [1.54, 1.807) is 6.08 Å². The first-order chi connectivity index (χ1) is 11.0. The Morgan fingerprint density at radius 3 is 2.74 bits per heavy atom. The largest absolute Gasteiger partial charge is 0.464 e. The number of rotatable bonds is 0. The topological polar surface area (TPSA) is 60.4 Å². The third-order valence-corrected chi connectivity index (χ3v) is 7.37. The van der Waals surface area contributed by atoms with Gasteiger partial charge in [-0.1, -0.05) is 13.0 Å². The monoisotopic (exact) mass is 312 g/mol. The van der Waals surface area contributed by atoms with E-state index in [0.717, 1.165) is 37.7 Å². The third-order valence-electron chi connectivity index (χ3n) is 7.37. The van der Waals surface area contributed by atoms with Crippen LogP contribution in [0.3, 0.4) is 0 Å². The molecule has 23 heavy (non-hydrogen) atoms. The van der Waals surface area contributed by atoms with Gasteiger partial charge >= 0.3 is 5.97 Å². The minimum atomic E-state index is -1.03. The van der Waals surface area contributed by atoms with Crippen molar-refractivity contribution in [1.82, 2.24) is 0 Å². The van der Waals surface area contributed by atoms with Crippen molar-refractivity contribution in [1.29, 1.82) is 0 Å². The second-order valence-electron chi connectivity index (χ2n) is 7.97. The van der Waals surface area contributed by atoms with Crippen LogP contribution >= 0.6 is 0 Å². The van der Waals surface area contributed by atoms with Crippen molar-refractivity contribution in [3.63, 3.8) is 0 Å². The summed E-state index contributed by atoms with van der Waals surface area (Å²) in [6.07, 6.45) is 6.47. The van der Waals surface area contributed by atoms with E-state index in [1.807, 2.05) is 0 Å². The van der Waals surface area contributed by atoms with Crippen LogP contribution in [0.15, 0.2) is 23.8 Å². The second-order valence-corrected chi connectivity index (χ2v) is 7.97. The smallest absolute Gasteiger partial charge is 0.316 e. The predicted octanol–water partition coefficient (Wildman–Crippen LogP) is 2.38. The summed E-state index contributed by atoms with van der Waals surface area (Å²) in [5, 5.41) is 0. The van der Waals surface area contributed by atoms with E-state index in [-0.39, 0.29) is 35.3 Å². The summed E-state index contributed by atoms with van der Waals surface area (Å²) in [6, 6.07) is 0. The van der Waals surface area contributed by atoms with Gasteiger partial charge in [-0.05, 0) is 61.2 Å². The molecule has 0 aromatic heterocycles. The molecule has 1 spiro atoms. The number of esters is 1. The molecule has 120 valence electrons. The van der Waals surface area contributed by atoms with Crippen LogP contribution in [-0.2, 0) is 19.1 Å². The Morgan fingerprint density at radius 2 is 1.91 bits per heavy atom. The molecular formula is C19H20O4. The van der Waals surface area contributed by atoms with Crippen LogP contribution in [-0.4, -0.2) is 24.1 Å². The predicted molar refractivity (Wildman–Crippen MR) is 81.2 cm³/mol. The molecule has 5 atom stereocenters. The van der Waals surface area contributed by atoms with Gasteiger partial charge in [-0.15, -0.1) is 0 Å². The number of fused-ring (bicyclic) bond motifs is 2. The van der Waals surface area contributed by atoms with E-state index in [0.29, 0.717) is 18.6 Å². The molecule has 1 unspecified atom stereocenters. The highest BCUT2D eigenvalue weighted by molar-refractivity contribution is 6.20. The molecule has 4 saturated carbocycles. The van der Waals surface area contributed by atoms with Crippen molar-refractivity contribution >= 4 is 17.5 Å². The minimum absolute atomic E-state index is 0.0703. The van der Waals surface area contributed by atoms with Crippen LogP contribution in [0.1, 0.15) is 38.5 Å². The fraction of sp³-hybridized carbons (Fsp3) is 0.632. The number of Topliss-reactive ketones (excluding diaryl/α,β-unsaturated/α-hetero) is 1. The van der Waals surface area contributed by atoms with Crippen LogP contribution in [0, 0.1) is 28.6 Å². The van der Waals surface area contributed by atoms with Gasteiger partial charge in [0.05, 0.1) is 17.4 Å². The molecule has 1 heterocycles. The molecule has 0 amide bonds. The van der Waals surface area contributed by atoms with E-state index >= 15 is 0 Å². The molecule has 0 aromatic rings. The fourth-order valence-electron chi connectivity index (χ4n) is 6.29. The average molecular weight is 312 g/mol. The van der Waals surface area contributed by atoms with Crippen LogP contribution in [0.2, 0.25) is 0 Å². The van der Waals surface area contributed by atoms with Gasteiger partial charge < -0.3 is 4.74 Å². The van der Waals surface area contributed by atoms with E-state index < -0.39 is 10.8 Å². The van der Waals surface area contributed by atoms with Gasteiger partial charge in [0.15, 0.2) is 11.6 Å². The lowest BCUT2D eigenvalue weighted by atomic mass is 9.40. The van der Waals surface area contributed by atoms with Gasteiger partial charge in [-0.25, -0.2) is 0 Å². The van der Waals surface area contributed by atoms with Crippen molar-refractivity contribution in [2.45, 2.75) is 38.5 Å². The number of carbonyl (C=O) groups excluding carboxylic acids is 3. The van der Waals surface area contributed by atoms with Crippen molar-refractivity contribution in [2.75, 3.05) is 6.61 Å². The van der Waals surface area contributed by atoms with Gasteiger partial charge in [0.25, 0.3) is 0 Å². The van der Waals surface area contributed by atoms with Crippen LogP contribution < -0.4 is 0 Å². The fourth-order valence-corrected chi connectivity index (χ4v) is 6.29. The first kappa shape index (κ1) is 13.7. The Hall–Kier alpha value is -1.71. The Bertz CT molecular complexity index is 717. The van der Waals surface area contributed by atoms with Gasteiger partial charge in [0.2, 0.25) is 0 Å². The maximum Gasteiger partial charge on any atom is 0.316 e. The summed E-state index contributed by atoms with van der Waals surface area (Å²) >= 11 is 0. The van der Waals surface area contributed by atoms with Gasteiger partial charge in [0, 0.05) is 5.92 Å². The number of carbonyl (C=O) groups is 3. The maximum absolute atomic E-state index is 13.1. The summed E-state index contributed by atoms with van der Waals surface area (Å²) in [5.41, 5.74) is -0.172. The summed E-state index contributed by atoms with van der Waals surface area (Å²) in [7, 11) is 0. The lowest BCUT2D eigenvalue weighted by molar-refractivity contribution is -0.182. The number of ether oxygens (including phenoxy) is 1. The zero-order valence-corrected chi connectivity index (χ0v) is 13.1. The van der Waals surface area contributed by atoms with Crippen molar-refractivity contribution in [3.8, 4) is 0 Å². The van der Waals surface area contributed by atoms with E-state index in [9.17, 15) is 14.4 Å². The molecule has 1 aliphatic heterocycles. The van der Waals surface area contributed by atoms with E-state index in [4.69, 9.17) is 4.74 Å². The quantitative estimate of drug-likeness (QED) is 0.391. The standard InChI is InChI=1S/C19H20O4/c1-10-11-4-6-19(16(10)21)14(7-11)18-5-2-3-12(9-23-17(18)22)13(18)8-15(19)20/h8,11-12,14H,1-7,9H2/t11-,12-,14?,18-,19+/m0/s1. The van der Waals surface area contributed by atoms with Crippen molar-refractivity contribution < 1.29 is 19.1 Å². The van der Waals surface area contributed by atoms with Gasteiger partial charge in [-0.2, -0.15) is 0 Å². The highest BCUT2D eigenvalue weighted by Gasteiger charge is 2.71. The Balaban J connectivity index is 1.78. The highest BCUT2D eigenvalue weighted by Crippen LogP contribution is 2.67. The van der Waals surface area contributed by atoms with E-state index in [1.165, 1.54) is 0 Å². The Kier molecular flexibility index (Phi) is 2.40. The number of cyclic esters (lactones) is 1. The molecule has 4 bridgehead atoms. The normalized spacial score (nSPS) is 47.7. The van der Waals surface area contributed by atoms with Gasteiger partial charge in [-0.3, -0.25) is 14.4 Å². The summed E-state index contributed by atoms with van der Waals surface area (Å²) in [4.78, 5) is 38.9. The molecule has 5 aliphatic carbocycles. The molecule has 6 aliphatic rings. The lowest BCUT2D eigenvalue weighted by Crippen LogP contribution is -2.66. The number of allylic oxidation sites excluding steroid dienone is 2. The molecule has 0 N–H and O–H groups in total. The minimum Gasteiger partial charge on any atom is -0.464 e. The molecule has 6 rings (SSSR count). The lowest BCUT2D eigenvalue weighted by Gasteiger charge is -2.61. The zero-order valence-electron chi connectivity index (χ0n) is 13.1. The average Bonchev–Trinajstić information content (AvgIpc) is 2.55. The summed E-state index contributed by atoms with van der Waals surface area (Å²) in [5.74, 6) is -0.274. The number of hydrogen-bond acceptors (Lipinski definition) is 4. The molecule has 4 heteroatoms. The maximum atomic E-state index is 13.1. The van der Waals surface area contributed by atoms with Gasteiger partial charge in [0.1, 0.15) is 0 Å². The SMILES string of the molecule is C=C1C(=O)[C@]23CC[C@H]1CC2[C@@]12CCC[C@@H](COC1=O)C2=CC3=O. The third kappa shape index (κ3) is 1.30. The molecule has 1 saturated heterocycles. The van der Waals surface area contributed by atoms with Crippen LogP contribution in [0.25, 0.3) is 0 Å². The summed E-state index contributed by atoms with van der Waals surface area (Å²) < 4.78 is 5.53. The first-order valence-corrected chi connectivity index (χ1v) is 8.69. The molecule has 0 radical (unpaired) electrons. The second kappa shape index (κ2) is 4.03. The molecule has 5 fully saturated rings. The molecular weight excluding hydrogens is 292 g/mol. The number of ketones is 2. The Labute approximate surface area is 134 Å². The highest BCUT2D eigenvalue weighted by atomic mass is 16.5. The van der Waals surface area contributed by atoms with Crippen molar-refractivity contribution in [2.24, 2.45) is 28.6 Å². The van der Waals surface area contributed by atoms with E-state index in [2.05, 4.69) is 6.58 Å². The Morgan fingerprint density at radius 1 is 1.09 bits per heavy atom. The number of hydrogen-bond donors (Lipinski definition) is 0. The summed E-state index contributed by atoms with van der Waals surface area (Å²) in [6.45, 7) is 4.35.